The summed E-state index contributed by atoms with van der Waals surface area (Å²) in [4.78, 5) is 0. The minimum atomic E-state index is -1.32. The maximum atomic E-state index is 11.3. The average molecular weight is 828 g/mol. The molecule has 0 aliphatic rings. The van der Waals surface area contributed by atoms with Gasteiger partial charge in [0, 0.05) is 31.2 Å². The molecule has 0 aliphatic carbocycles. The van der Waals surface area contributed by atoms with Crippen molar-refractivity contribution in [2.75, 3.05) is 32.8 Å². The second-order valence-electron chi connectivity index (χ2n) is 17.3. The molecule has 0 heterocycles. The van der Waals surface area contributed by atoms with Gasteiger partial charge in [0.2, 0.25) is 6.41 Å². The molecular formula is C39H89N9O9. The first-order chi connectivity index (χ1) is 26.7. The van der Waals surface area contributed by atoms with Crippen molar-refractivity contribution in [1.29, 1.82) is 0 Å². The van der Waals surface area contributed by atoms with Crippen molar-refractivity contribution < 1.29 is 45.6 Å². The number of unbranched alkanes of at least 4 members (excludes halogenated alkanes) is 2. The van der Waals surface area contributed by atoms with Crippen LogP contribution in [-0.2, 0) is 4.74 Å². The quantitative estimate of drug-likeness (QED) is 0.0249. The summed E-state index contributed by atoms with van der Waals surface area (Å²) < 4.78 is 5.61. The lowest BCUT2D eigenvalue weighted by Gasteiger charge is -2.37. The smallest absolute Gasteiger partial charge is 0.214 e. The van der Waals surface area contributed by atoms with E-state index < -0.39 is 73.5 Å². The number of aliphatic hydroxyl groups is 8. The Hall–Kier alpha value is -0.720. The summed E-state index contributed by atoms with van der Waals surface area (Å²) in [5, 5.41) is 108. The van der Waals surface area contributed by atoms with E-state index in [0.29, 0.717) is 70.4 Å². The Balaban J connectivity index is 5.55. The molecule has 0 aromatic heterocycles. The molecular weight excluding hydrogens is 738 g/mol. The monoisotopic (exact) mass is 828 g/mol. The first-order valence-corrected chi connectivity index (χ1v) is 21.4. The van der Waals surface area contributed by atoms with Crippen LogP contribution in [0, 0.1) is 17.8 Å². The van der Waals surface area contributed by atoms with Crippen LogP contribution in [0.2, 0.25) is 0 Å². The third kappa shape index (κ3) is 26.3. The summed E-state index contributed by atoms with van der Waals surface area (Å²) in [6.07, 6.45) is -2.62. The average Bonchev–Trinajstić information content (AvgIpc) is 3.13. The van der Waals surface area contributed by atoms with Crippen LogP contribution < -0.4 is 48.7 Å². The van der Waals surface area contributed by atoms with Crippen molar-refractivity contribution in [3.63, 3.8) is 0 Å². The maximum Gasteiger partial charge on any atom is 0.214 e. The van der Waals surface area contributed by atoms with Gasteiger partial charge in [-0.2, -0.15) is 0 Å². The SMILES string of the molecule is CCC(C)[C@@H](NC(O)[C@H](CCCCN)NC(O)CNC(O)CNC(O)[C@@H](CCCCN)NC(O)[C@H](CCC(C)C)NC(O)OC(C)(C)C)C(O)N[C@H](CO)C(C)C. The number of hydrogen-bond acceptors (Lipinski definition) is 18. The molecule has 18 nitrogen and oxygen atoms in total. The normalized spacial score (nSPS) is 19.7. The van der Waals surface area contributed by atoms with E-state index in [9.17, 15) is 40.9 Å². The molecule has 0 aromatic carbocycles. The molecule has 344 valence electrons. The van der Waals surface area contributed by atoms with E-state index in [-0.39, 0.29) is 37.6 Å². The fraction of sp³-hybridized carbons (Fsp3) is 1.00. The van der Waals surface area contributed by atoms with E-state index in [2.05, 4.69) is 51.1 Å². The number of hydrogen-bond donors (Lipinski definition) is 17. The van der Waals surface area contributed by atoms with Gasteiger partial charge in [-0.05, 0) is 90.1 Å². The Morgan fingerprint density at radius 3 is 1.56 bits per heavy atom. The molecule has 0 bridgehead atoms. The van der Waals surface area contributed by atoms with E-state index >= 15 is 0 Å². The Morgan fingerprint density at radius 1 is 0.561 bits per heavy atom. The van der Waals surface area contributed by atoms with Gasteiger partial charge in [0.05, 0.1) is 24.3 Å². The fourth-order valence-electron chi connectivity index (χ4n) is 6.33. The van der Waals surface area contributed by atoms with Crippen LogP contribution >= 0.6 is 0 Å². The molecule has 0 fully saturated rings. The molecule has 0 radical (unpaired) electrons. The lowest BCUT2D eigenvalue weighted by molar-refractivity contribution is -0.190. The zero-order valence-corrected chi connectivity index (χ0v) is 36.7. The van der Waals surface area contributed by atoms with Crippen LogP contribution in [0.4, 0.5) is 0 Å². The van der Waals surface area contributed by atoms with E-state index in [0.717, 1.165) is 6.42 Å². The highest BCUT2D eigenvalue weighted by molar-refractivity contribution is 4.88. The van der Waals surface area contributed by atoms with Crippen LogP contribution in [0.15, 0.2) is 0 Å². The minimum absolute atomic E-state index is 0.0504. The number of ether oxygens (including phenoxy) is 1. The van der Waals surface area contributed by atoms with Gasteiger partial charge in [-0.15, -0.1) is 0 Å². The zero-order valence-electron chi connectivity index (χ0n) is 36.7. The van der Waals surface area contributed by atoms with Gasteiger partial charge in [0.1, 0.15) is 37.4 Å². The van der Waals surface area contributed by atoms with Gasteiger partial charge in [-0.3, -0.25) is 37.2 Å². The van der Waals surface area contributed by atoms with Gasteiger partial charge in [0.15, 0.2) is 0 Å². The molecule has 18 heteroatoms. The molecule has 0 saturated heterocycles. The molecule has 0 saturated carbocycles. The number of nitrogens with one attached hydrogen (secondary N) is 7. The molecule has 0 rings (SSSR count). The summed E-state index contributed by atoms with van der Waals surface area (Å²) in [5.41, 5.74) is 10.8. The van der Waals surface area contributed by atoms with Crippen molar-refractivity contribution in [3.05, 3.63) is 0 Å². The van der Waals surface area contributed by atoms with Gasteiger partial charge in [-0.25, -0.2) is 0 Å². The number of nitrogens with two attached hydrogens (primary N) is 2. The van der Waals surface area contributed by atoms with E-state index in [1.807, 2.05) is 48.5 Å². The Bertz CT molecular complexity index is 959. The summed E-state index contributed by atoms with van der Waals surface area (Å²) in [6, 6.07) is -2.81. The third-order valence-corrected chi connectivity index (χ3v) is 10.2. The number of aliphatic hydroxyl groups excluding tert-OH is 8. The topological polar surface area (TPSA) is 307 Å². The highest BCUT2D eigenvalue weighted by atomic mass is 16.6. The third-order valence-electron chi connectivity index (χ3n) is 10.2. The second kappa shape index (κ2) is 31.2. The first-order valence-electron chi connectivity index (χ1n) is 21.4. The van der Waals surface area contributed by atoms with E-state index in [1.54, 1.807) is 0 Å². The van der Waals surface area contributed by atoms with Crippen molar-refractivity contribution in [2.45, 2.75) is 200 Å². The Morgan fingerprint density at radius 2 is 1.07 bits per heavy atom. The maximum absolute atomic E-state index is 11.3. The highest BCUT2D eigenvalue weighted by Crippen LogP contribution is 2.17. The van der Waals surface area contributed by atoms with Crippen molar-refractivity contribution in [1.82, 2.24) is 37.2 Å². The summed E-state index contributed by atoms with van der Waals surface area (Å²) in [6.45, 7) is 18.0. The highest BCUT2D eigenvalue weighted by Gasteiger charge is 2.33. The van der Waals surface area contributed by atoms with Crippen LogP contribution in [0.3, 0.4) is 0 Å². The first kappa shape index (κ1) is 56.3. The van der Waals surface area contributed by atoms with Crippen molar-refractivity contribution in [3.8, 4) is 0 Å². The van der Waals surface area contributed by atoms with Gasteiger partial charge < -0.3 is 57.1 Å². The van der Waals surface area contributed by atoms with Crippen LogP contribution in [-0.4, -0.2) is 153 Å². The standard InChI is InChI=1S/C39H89N9O9/c1-10-26(6)33(37(55)46-30(23-49)25(4)5)48-36(54)28(16-12-14-20-41)44-32(51)22-42-31(50)21-43-34(52)27(15-11-13-19-40)45-35(53)29(18-17-24(2)3)47-38(56)57-39(7,8)9/h24-38,42-56H,10-23,40-41H2,1-9H3/t26?,27-,28+,29+,30-,31?,32?,33-,34?,35?,36?,37?,38?/m1/s1. The lowest BCUT2D eigenvalue weighted by atomic mass is 9.95. The Labute approximate surface area is 344 Å². The Kier molecular flexibility index (Phi) is 30.8. The van der Waals surface area contributed by atoms with Gasteiger partial charge >= 0.3 is 0 Å². The largest absolute Gasteiger partial charge is 0.395 e. The minimum Gasteiger partial charge on any atom is -0.395 e. The van der Waals surface area contributed by atoms with Crippen molar-refractivity contribution >= 4 is 0 Å². The molecule has 0 aromatic rings. The molecule has 8 unspecified atom stereocenters. The van der Waals surface area contributed by atoms with Crippen LogP contribution in [0.25, 0.3) is 0 Å². The predicted octanol–water partition coefficient (Wildman–Crippen LogP) is -1.65. The van der Waals surface area contributed by atoms with Gasteiger partial charge in [-0.1, -0.05) is 60.8 Å². The summed E-state index contributed by atoms with van der Waals surface area (Å²) >= 11 is 0. The second-order valence-corrected chi connectivity index (χ2v) is 17.3. The zero-order chi connectivity index (χ0) is 43.7. The molecule has 0 spiro atoms. The van der Waals surface area contributed by atoms with Gasteiger partial charge in [0.25, 0.3) is 0 Å². The van der Waals surface area contributed by atoms with Crippen molar-refractivity contribution in [2.24, 2.45) is 29.2 Å². The molecule has 19 N–H and O–H groups in total. The summed E-state index contributed by atoms with van der Waals surface area (Å²) in [7, 11) is 0. The molecule has 13 atom stereocenters. The molecule has 57 heavy (non-hydrogen) atoms. The lowest BCUT2D eigenvalue weighted by Crippen LogP contribution is -2.62. The van der Waals surface area contributed by atoms with Crippen LogP contribution in [0.1, 0.15) is 120 Å². The fourth-order valence-corrected chi connectivity index (χ4v) is 6.33. The molecule has 0 amide bonds. The van der Waals surface area contributed by atoms with Crippen LogP contribution in [0.5, 0.6) is 0 Å². The summed E-state index contributed by atoms with van der Waals surface area (Å²) in [5.74, 6) is 0.363. The van der Waals surface area contributed by atoms with E-state index in [1.165, 1.54) is 0 Å². The van der Waals surface area contributed by atoms with E-state index in [4.69, 9.17) is 16.2 Å². The molecule has 0 aliphatic heterocycles. The number of rotatable bonds is 36. The predicted molar refractivity (Wildman–Crippen MR) is 225 cm³/mol.